The molecule has 168 valence electrons. The van der Waals surface area contributed by atoms with Crippen molar-refractivity contribution < 1.29 is 54.8 Å². The molecule has 1 unspecified atom stereocenters. The third kappa shape index (κ3) is 4.85. The van der Waals surface area contributed by atoms with E-state index in [1.807, 2.05) is 0 Å². The predicted octanol–water partition coefficient (Wildman–Crippen LogP) is 5.32. The van der Waals surface area contributed by atoms with E-state index in [1.165, 1.54) is 13.8 Å². The highest BCUT2D eigenvalue weighted by Gasteiger charge is 2.76. The number of rotatable bonds is 7. The Labute approximate surface area is 161 Å². The molecule has 0 bridgehead atoms. The molecule has 1 atom stereocenters. The topological polar surface area (TPSA) is 122 Å². The molecule has 9 nitrogen and oxygen atoms in total. The molecule has 0 spiro atoms. The van der Waals surface area contributed by atoms with Gasteiger partial charge in [-0.1, -0.05) is 13.8 Å². The summed E-state index contributed by atoms with van der Waals surface area (Å²) in [6, 6.07) is 0.962. The van der Waals surface area contributed by atoms with Gasteiger partial charge in [0.1, 0.15) is 0 Å². The van der Waals surface area contributed by atoms with E-state index in [2.05, 4.69) is 9.47 Å². The van der Waals surface area contributed by atoms with Gasteiger partial charge in [-0.05, 0) is 12.3 Å². The number of halogens is 7. The molecule has 0 fully saturated rings. The predicted molar refractivity (Wildman–Crippen MR) is 81.5 cm³/mol. The van der Waals surface area contributed by atoms with Crippen LogP contribution >= 0.6 is 0 Å². The molecule has 0 amide bonds. The zero-order valence-corrected chi connectivity index (χ0v) is 14.8. The maximum atomic E-state index is 13.2. The fourth-order valence-corrected chi connectivity index (χ4v) is 2.00. The fourth-order valence-electron chi connectivity index (χ4n) is 2.00. The summed E-state index contributed by atoms with van der Waals surface area (Å²) in [4.78, 5) is 31.2. The van der Waals surface area contributed by atoms with E-state index in [9.17, 15) is 55.8 Å². The molecule has 0 heterocycles. The summed E-state index contributed by atoms with van der Waals surface area (Å²) in [5.41, 5.74) is -2.60. The van der Waals surface area contributed by atoms with E-state index in [0.717, 1.165) is 0 Å². The Morgan fingerprint density at radius 2 is 1.60 bits per heavy atom. The maximum absolute atomic E-state index is 13.2. The molecule has 0 N–H and O–H groups in total. The quantitative estimate of drug-likeness (QED) is 0.180. The van der Waals surface area contributed by atoms with Gasteiger partial charge in [0, 0.05) is 11.6 Å². The number of nitro benzene ring substituents is 2. The summed E-state index contributed by atoms with van der Waals surface area (Å²) in [6.45, 7) is 2.81. The molecular weight excluding hydrogens is 441 g/mol. The highest BCUT2D eigenvalue weighted by molar-refractivity contribution is 5.70. The van der Waals surface area contributed by atoms with Crippen LogP contribution in [0.3, 0.4) is 0 Å². The molecule has 0 aliphatic heterocycles. The number of alkyl halides is 7. The normalized spacial score (nSPS) is 13.5. The van der Waals surface area contributed by atoms with E-state index in [1.54, 1.807) is 0 Å². The Morgan fingerprint density at radius 3 is 2.00 bits per heavy atom. The van der Waals surface area contributed by atoms with Crippen LogP contribution in [0.2, 0.25) is 0 Å². The van der Waals surface area contributed by atoms with Crippen LogP contribution < -0.4 is 4.74 Å². The van der Waals surface area contributed by atoms with Crippen molar-refractivity contribution in [1.82, 2.24) is 0 Å². The highest BCUT2D eigenvalue weighted by Crippen LogP contribution is 2.47. The zero-order chi connectivity index (χ0) is 23.7. The zero-order valence-electron chi connectivity index (χ0n) is 14.8. The van der Waals surface area contributed by atoms with Crippen molar-refractivity contribution in [1.29, 1.82) is 0 Å². The van der Waals surface area contributed by atoms with E-state index < -0.39 is 62.8 Å². The van der Waals surface area contributed by atoms with Crippen molar-refractivity contribution >= 4 is 17.5 Å². The van der Waals surface area contributed by atoms with Crippen LogP contribution in [0, 0.1) is 20.2 Å². The number of benzene rings is 1. The second kappa shape index (κ2) is 8.27. The molecule has 1 aromatic rings. The smallest absolute Gasteiger partial charge is 0.387 e. The van der Waals surface area contributed by atoms with Gasteiger partial charge >= 0.3 is 30.1 Å². The van der Waals surface area contributed by atoms with Gasteiger partial charge in [0.15, 0.2) is 0 Å². The number of hydrogen-bond donors (Lipinski definition) is 0. The number of carbonyl (C=O) groups excluding carboxylic acids is 1. The van der Waals surface area contributed by atoms with Crippen LogP contribution in [-0.2, 0) is 4.74 Å². The molecular formula is C14H11F7N2O7. The number of carbonyl (C=O) groups is 1. The Kier molecular flexibility index (Phi) is 6.85. The first-order chi connectivity index (χ1) is 13.5. The first-order valence-corrected chi connectivity index (χ1v) is 7.66. The van der Waals surface area contributed by atoms with Gasteiger partial charge in [-0.2, -0.15) is 30.7 Å². The Bertz CT molecular complexity index is 858. The summed E-state index contributed by atoms with van der Waals surface area (Å²) in [6.07, 6.45) is -15.9. The third-order valence-corrected chi connectivity index (χ3v) is 3.75. The van der Waals surface area contributed by atoms with Crippen LogP contribution in [0.1, 0.15) is 31.7 Å². The largest absolute Gasteiger partial charge is 0.518 e. The molecule has 0 aliphatic carbocycles. The third-order valence-electron chi connectivity index (χ3n) is 3.75. The van der Waals surface area contributed by atoms with Crippen LogP contribution in [0.5, 0.6) is 5.75 Å². The average Bonchev–Trinajstić information content (AvgIpc) is 2.58. The first-order valence-electron chi connectivity index (χ1n) is 7.66. The van der Waals surface area contributed by atoms with Gasteiger partial charge in [-0.25, -0.2) is 4.79 Å². The minimum Gasteiger partial charge on any atom is -0.387 e. The van der Waals surface area contributed by atoms with Gasteiger partial charge in [-0.3, -0.25) is 20.2 Å². The van der Waals surface area contributed by atoms with Crippen molar-refractivity contribution in [2.45, 2.75) is 44.4 Å². The molecule has 0 aliphatic rings. The Hall–Kier alpha value is -3.20. The molecule has 1 rings (SSSR count). The van der Waals surface area contributed by atoms with E-state index in [4.69, 9.17) is 0 Å². The molecule has 1 aromatic carbocycles. The van der Waals surface area contributed by atoms with Gasteiger partial charge < -0.3 is 9.47 Å². The van der Waals surface area contributed by atoms with Gasteiger partial charge in [0.05, 0.1) is 15.9 Å². The summed E-state index contributed by atoms with van der Waals surface area (Å²) in [5.74, 6) is -8.82. The van der Waals surface area contributed by atoms with Crippen LogP contribution in [0.25, 0.3) is 0 Å². The van der Waals surface area contributed by atoms with E-state index >= 15 is 0 Å². The Morgan fingerprint density at radius 1 is 1.07 bits per heavy atom. The minimum atomic E-state index is -6.81. The highest BCUT2D eigenvalue weighted by atomic mass is 19.4. The fraction of sp³-hybridized carbons (Fsp3) is 0.500. The van der Waals surface area contributed by atoms with Crippen molar-refractivity contribution in [3.63, 3.8) is 0 Å². The van der Waals surface area contributed by atoms with Gasteiger partial charge in [0.25, 0.3) is 5.69 Å². The summed E-state index contributed by atoms with van der Waals surface area (Å²) in [7, 11) is 0. The Balaban J connectivity index is 3.43. The summed E-state index contributed by atoms with van der Waals surface area (Å²) in [5, 5.41) is 22.1. The maximum Gasteiger partial charge on any atom is 0.518 e. The molecule has 16 heteroatoms. The van der Waals surface area contributed by atoms with Gasteiger partial charge in [-0.15, -0.1) is 0 Å². The number of hydrogen-bond acceptors (Lipinski definition) is 7. The molecule has 0 saturated carbocycles. The van der Waals surface area contributed by atoms with Crippen LogP contribution in [0.4, 0.5) is 46.9 Å². The van der Waals surface area contributed by atoms with Crippen molar-refractivity contribution in [2.24, 2.45) is 0 Å². The lowest BCUT2D eigenvalue weighted by Crippen LogP contribution is -2.54. The summed E-state index contributed by atoms with van der Waals surface area (Å²) < 4.78 is 95.3. The van der Waals surface area contributed by atoms with Gasteiger partial charge in [0.2, 0.25) is 5.75 Å². The molecule has 0 radical (unpaired) electrons. The van der Waals surface area contributed by atoms with Crippen LogP contribution in [0.15, 0.2) is 12.1 Å². The number of nitro groups is 2. The lowest BCUT2D eigenvalue weighted by atomic mass is 9.96. The second-order valence-electron chi connectivity index (χ2n) is 5.75. The van der Waals surface area contributed by atoms with Crippen LogP contribution in [-0.4, -0.2) is 34.2 Å². The van der Waals surface area contributed by atoms with E-state index in [-0.39, 0.29) is 12.5 Å². The first kappa shape index (κ1) is 24.8. The number of nitrogens with zero attached hydrogens (tertiary/aromatic N) is 2. The lowest BCUT2D eigenvalue weighted by molar-refractivity contribution is -0.411. The van der Waals surface area contributed by atoms with E-state index in [0.29, 0.717) is 6.07 Å². The lowest BCUT2D eigenvalue weighted by Gasteiger charge is -2.26. The number of non-ortho nitro benzene ring substituents is 1. The molecule has 0 aromatic heterocycles. The standard InChI is InChI=1S/C14H11F7N2O7/c1-3-6(2)8-4-7(22(25)26)5-9(23(27)28)10(8)29-11(24)30-14(20,21)12(15,16)13(17,18)19/h4-6H,3H2,1-2H3. The SMILES string of the molecule is CCC(C)c1cc([N+](=O)[O-])cc([N+](=O)[O-])c1OC(=O)OC(F)(F)C(F)(F)C(F)(F)F. The van der Waals surface area contributed by atoms with Crippen molar-refractivity contribution in [3.05, 3.63) is 37.9 Å². The molecule has 0 saturated heterocycles. The second-order valence-corrected chi connectivity index (χ2v) is 5.75. The van der Waals surface area contributed by atoms with Crippen molar-refractivity contribution in [2.75, 3.05) is 0 Å². The summed E-state index contributed by atoms with van der Waals surface area (Å²) >= 11 is 0. The molecule has 30 heavy (non-hydrogen) atoms. The minimum absolute atomic E-state index is 0.117. The number of ether oxygens (including phenoxy) is 2. The average molecular weight is 452 g/mol. The van der Waals surface area contributed by atoms with Crippen molar-refractivity contribution in [3.8, 4) is 5.75 Å². The monoisotopic (exact) mass is 452 g/mol.